The van der Waals surface area contributed by atoms with Crippen molar-refractivity contribution in [3.8, 4) is 5.75 Å². The van der Waals surface area contributed by atoms with Gasteiger partial charge in [0.2, 0.25) is 0 Å². The van der Waals surface area contributed by atoms with E-state index < -0.39 is 0 Å². The molecule has 20 heavy (non-hydrogen) atoms. The maximum absolute atomic E-state index is 6.06. The van der Waals surface area contributed by atoms with Crippen molar-refractivity contribution in [3.05, 3.63) is 45.6 Å². The fraction of sp³-hybridized carbons (Fsp3) is 0.333. The van der Waals surface area contributed by atoms with Gasteiger partial charge in [-0.3, -0.25) is 0 Å². The van der Waals surface area contributed by atoms with Gasteiger partial charge in [0.05, 0.1) is 23.4 Å². The van der Waals surface area contributed by atoms with E-state index in [0.717, 1.165) is 36.0 Å². The smallest absolute Gasteiger partial charge is 0.142 e. The largest absolute Gasteiger partial charge is 0.491 e. The van der Waals surface area contributed by atoms with Crippen molar-refractivity contribution in [1.82, 2.24) is 0 Å². The average molecular weight is 309 g/mol. The van der Waals surface area contributed by atoms with Gasteiger partial charge in [-0.2, -0.15) is 0 Å². The van der Waals surface area contributed by atoms with Crippen LogP contribution < -0.4 is 15.4 Å². The van der Waals surface area contributed by atoms with E-state index in [4.69, 9.17) is 22.1 Å². The second-order valence-corrected chi connectivity index (χ2v) is 6.16. The van der Waals surface area contributed by atoms with Crippen LogP contribution in [0.4, 0.5) is 5.69 Å². The van der Waals surface area contributed by atoms with Crippen LogP contribution >= 0.6 is 22.9 Å². The van der Waals surface area contributed by atoms with E-state index >= 15 is 0 Å². The third-order valence-electron chi connectivity index (χ3n) is 3.49. The molecule has 0 saturated heterocycles. The molecule has 2 aromatic rings. The monoisotopic (exact) mass is 308 g/mol. The Labute approximate surface area is 127 Å². The predicted octanol–water partition coefficient (Wildman–Crippen LogP) is 3.69. The number of halogens is 1. The van der Waals surface area contributed by atoms with E-state index in [1.165, 1.54) is 4.88 Å². The Bertz CT molecular complexity index is 587. The molecule has 5 heteroatoms. The lowest BCUT2D eigenvalue weighted by molar-refractivity contribution is 0.322. The first kappa shape index (κ1) is 13.7. The molecule has 3 nitrogen and oxygen atoms in total. The van der Waals surface area contributed by atoms with Crippen molar-refractivity contribution in [2.45, 2.75) is 12.5 Å². The fourth-order valence-corrected chi connectivity index (χ4v) is 3.79. The molecule has 1 aliphatic heterocycles. The van der Waals surface area contributed by atoms with Crippen LogP contribution in [0.15, 0.2) is 35.7 Å². The van der Waals surface area contributed by atoms with Crippen LogP contribution in [-0.2, 0) is 0 Å². The molecule has 2 N–H and O–H groups in total. The number of para-hydroxylation sites is 2. The molecule has 1 aromatic heterocycles. The standard InChI is InChI=1S/C15H17ClN2OS/c16-11-8-15(20-10-11)13(9-17)18-6-3-7-19-14-5-2-1-4-12(14)18/h1-2,4-5,8,10,13H,3,6-7,9,17H2. The quantitative estimate of drug-likeness (QED) is 0.940. The van der Waals surface area contributed by atoms with E-state index in [2.05, 4.69) is 11.0 Å². The van der Waals surface area contributed by atoms with Crippen LogP contribution in [0.1, 0.15) is 17.3 Å². The summed E-state index contributed by atoms with van der Waals surface area (Å²) in [6, 6.07) is 10.3. The number of hydrogen-bond donors (Lipinski definition) is 1. The number of ether oxygens (including phenoxy) is 1. The molecule has 1 aromatic carbocycles. The van der Waals surface area contributed by atoms with Crippen LogP contribution in [0.5, 0.6) is 5.75 Å². The molecule has 1 unspecified atom stereocenters. The maximum Gasteiger partial charge on any atom is 0.142 e. The average Bonchev–Trinajstić information content (AvgIpc) is 2.78. The fourth-order valence-electron chi connectivity index (χ4n) is 2.58. The molecule has 0 aliphatic carbocycles. The number of nitrogens with zero attached hydrogens (tertiary/aromatic N) is 1. The van der Waals surface area contributed by atoms with Crippen molar-refractivity contribution < 1.29 is 4.74 Å². The van der Waals surface area contributed by atoms with Gasteiger partial charge in [-0.25, -0.2) is 0 Å². The Morgan fingerprint density at radius 3 is 3.00 bits per heavy atom. The zero-order valence-electron chi connectivity index (χ0n) is 11.1. The third kappa shape index (κ3) is 2.64. The van der Waals surface area contributed by atoms with E-state index in [-0.39, 0.29) is 6.04 Å². The topological polar surface area (TPSA) is 38.5 Å². The number of anilines is 1. The minimum absolute atomic E-state index is 0.148. The lowest BCUT2D eigenvalue weighted by Crippen LogP contribution is -2.33. The lowest BCUT2D eigenvalue weighted by Gasteiger charge is -2.31. The second kappa shape index (κ2) is 6.04. The Balaban J connectivity index is 1.99. The van der Waals surface area contributed by atoms with E-state index in [1.54, 1.807) is 11.3 Å². The predicted molar refractivity (Wildman–Crippen MR) is 85.0 cm³/mol. The molecule has 0 amide bonds. The van der Waals surface area contributed by atoms with Crippen LogP contribution in [0, 0.1) is 0 Å². The Morgan fingerprint density at radius 2 is 2.25 bits per heavy atom. The first-order chi connectivity index (χ1) is 9.79. The summed E-state index contributed by atoms with van der Waals surface area (Å²) < 4.78 is 5.81. The summed E-state index contributed by atoms with van der Waals surface area (Å²) in [6.45, 7) is 2.25. The lowest BCUT2D eigenvalue weighted by atomic mass is 10.1. The molecule has 106 valence electrons. The van der Waals surface area contributed by atoms with Crippen LogP contribution in [0.2, 0.25) is 5.02 Å². The van der Waals surface area contributed by atoms with Gasteiger partial charge in [-0.1, -0.05) is 23.7 Å². The molecule has 0 spiro atoms. The van der Waals surface area contributed by atoms with Gasteiger partial charge in [-0.15, -0.1) is 11.3 Å². The summed E-state index contributed by atoms with van der Waals surface area (Å²) in [5, 5.41) is 2.74. The SMILES string of the molecule is NCC(c1cc(Cl)cs1)N1CCCOc2ccccc21. The highest BCUT2D eigenvalue weighted by Crippen LogP contribution is 2.38. The van der Waals surface area contributed by atoms with Crippen molar-refractivity contribution in [2.75, 3.05) is 24.6 Å². The highest BCUT2D eigenvalue weighted by Gasteiger charge is 2.25. The first-order valence-corrected chi connectivity index (χ1v) is 7.98. The normalized spacial score (nSPS) is 16.2. The van der Waals surface area contributed by atoms with Crippen LogP contribution in [-0.4, -0.2) is 19.7 Å². The zero-order chi connectivity index (χ0) is 13.9. The van der Waals surface area contributed by atoms with Crippen molar-refractivity contribution in [1.29, 1.82) is 0 Å². The molecule has 0 bridgehead atoms. The molecule has 3 rings (SSSR count). The van der Waals surface area contributed by atoms with Gasteiger partial charge in [0.25, 0.3) is 0 Å². The molecule has 2 heterocycles. The number of rotatable bonds is 3. The summed E-state index contributed by atoms with van der Waals surface area (Å²) in [5.74, 6) is 0.936. The maximum atomic E-state index is 6.06. The Kier molecular flexibility index (Phi) is 4.15. The number of thiophene rings is 1. The minimum Gasteiger partial charge on any atom is -0.491 e. The summed E-state index contributed by atoms with van der Waals surface area (Å²) in [5.41, 5.74) is 7.15. The highest BCUT2D eigenvalue weighted by molar-refractivity contribution is 7.10. The van der Waals surface area contributed by atoms with Crippen LogP contribution in [0.3, 0.4) is 0 Å². The molecule has 0 fully saturated rings. The zero-order valence-corrected chi connectivity index (χ0v) is 12.7. The summed E-state index contributed by atoms with van der Waals surface area (Å²) in [6.07, 6.45) is 0.990. The van der Waals surface area contributed by atoms with Gasteiger partial charge >= 0.3 is 0 Å². The Morgan fingerprint density at radius 1 is 1.40 bits per heavy atom. The van der Waals surface area contributed by atoms with Gasteiger partial charge < -0.3 is 15.4 Å². The van der Waals surface area contributed by atoms with Crippen molar-refractivity contribution >= 4 is 28.6 Å². The molecule has 0 saturated carbocycles. The Hall–Kier alpha value is -1.23. The molecule has 0 radical (unpaired) electrons. The number of nitrogens with two attached hydrogens (primary N) is 1. The number of hydrogen-bond acceptors (Lipinski definition) is 4. The summed E-state index contributed by atoms with van der Waals surface area (Å²) >= 11 is 7.72. The summed E-state index contributed by atoms with van der Waals surface area (Å²) in [4.78, 5) is 3.54. The van der Waals surface area contributed by atoms with Crippen LogP contribution in [0.25, 0.3) is 0 Å². The van der Waals surface area contributed by atoms with Gasteiger partial charge in [0.1, 0.15) is 5.75 Å². The first-order valence-electron chi connectivity index (χ1n) is 6.72. The molecular formula is C15H17ClN2OS. The van der Waals surface area contributed by atoms with E-state index in [1.807, 2.05) is 29.6 Å². The van der Waals surface area contributed by atoms with Crippen molar-refractivity contribution in [3.63, 3.8) is 0 Å². The number of fused-ring (bicyclic) bond motifs is 1. The minimum atomic E-state index is 0.148. The van der Waals surface area contributed by atoms with E-state index in [0.29, 0.717) is 6.54 Å². The molecule has 1 aliphatic rings. The summed E-state index contributed by atoms with van der Waals surface area (Å²) in [7, 11) is 0. The highest BCUT2D eigenvalue weighted by atomic mass is 35.5. The molecule has 1 atom stereocenters. The third-order valence-corrected chi connectivity index (χ3v) is 4.87. The second-order valence-electron chi connectivity index (χ2n) is 4.78. The van der Waals surface area contributed by atoms with Gasteiger partial charge in [-0.05, 0) is 24.6 Å². The number of benzene rings is 1. The van der Waals surface area contributed by atoms with E-state index in [9.17, 15) is 0 Å². The molecular weight excluding hydrogens is 292 g/mol. The van der Waals surface area contributed by atoms with Crippen molar-refractivity contribution in [2.24, 2.45) is 5.73 Å². The van der Waals surface area contributed by atoms with Gasteiger partial charge in [0, 0.05) is 23.3 Å². The van der Waals surface area contributed by atoms with Gasteiger partial charge in [0.15, 0.2) is 0 Å².